The number of nitrogens with zero attached hydrogens (tertiary/aromatic N) is 2. The Morgan fingerprint density at radius 1 is 1.36 bits per heavy atom. The van der Waals surface area contributed by atoms with Crippen molar-refractivity contribution in [3.05, 3.63) is 51.0 Å². The molecule has 0 aliphatic carbocycles. The van der Waals surface area contributed by atoms with Gasteiger partial charge >= 0.3 is 5.97 Å². The molecule has 1 heterocycles. The summed E-state index contributed by atoms with van der Waals surface area (Å²) in [6.45, 7) is 3.73. The summed E-state index contributed by atoms with van der Waals surface area (Å²) >= 11 is 1.22. The van der Waals surface area contributed by atoms with Crippen LogP contribution in [0.3, 0.4) is 0 Å². The molecule has 1 N–H and O–H groups in total. The molecule has 1 atom stereocenters. The zero-order valence-corrected chi connectivity index (χ0v) is 14.5. The first-order valence-corrected chi connectivity index (χ1v) is 8.44. The summed E-state index contributed by atoms with van der Waals surface area (Å²) < 4.78 is 4.85. The molecular weight excluding hydrogens is 346 g/mol. The van der Waals surface area contributed by atoms with Crippen molar-refractivity contribution in [2.45, 2.75) is 26.2 Å². The molecule has 0 aliphatic heterocycles. The summed E-state index contributed by atoms with van der Waals surface area (Å²) in [6.07, 6.45) is 0.0537. The standard InChI is InChI=1S/C16H17N3O5S/c1-3-24-14(20)8-12-9-25-16(17-12)18-15(21)10(2)11-4-6-13(7-5-11)19(22)23/h4-7,9-10H,3,8H2,1-2H3,(H,17,18,21)/t10-/m0/s1. The number of benzene rings is 1. The van der Waals surface area contributed by atoms with E-state index in [4.69, 9.17) is 4.74 Å². The van der Waals surface area contributed by atoms with Crippen molar-refractivity contribution in [3.8, 4) is 0 Å². The first kappa shape index (κ1) is 18.5. The second kappa shape index (κ2) is 8.34. The van der Waals surface area contributed by atoms with Crippen molar-refractivity contribution < 1.29 is 19.2 Å². The van der Waals surface area contributed by atoms with Gasteiger partial charge in [-0.25, -0.2) is 4.98 Å². The number of ether oxygens (including phenoxy) is 1. The molecule has 0 unspecified atom stereocenters. The van der Waals surface area contributed by atoms with Crippen molar-refractivity contribution in [3.63, 3.8) is 0 Å². The maximum absolute atomic E-state index is 12.3. The fourth-order valence-corrected chi connectivity index (χ4v) is 2.77. The summed E-state index contributed by atoms with van der Waals surface area (Å²) in [7, 11) is 0. The van der Waals surface area contributed by atoms with Gasteiger partial charge in [0.1, 0.15) is 0 Å². The van der Waals surface area contributed by atoms with E-state index in [1.54, 1.807) is 31.4 Å². The third-order valence-corrected chi connectivity index (χ3v) is 4.22. The quantitative estimate of drug-likeness (QED) is 0.460. The SMILES string of the molecule is CCOC(=O)Cc1csc(NC(=O)[C@@H](C)c2ccc([N+](=O)[O-])cc2)n1. The van der Waals surface area contributed by atoms with Gasteiger partial charge in [0.2, 0.25) is 5.91 Å². The Morgan fingerprint density at radius 3 is 2.64 bits per heavy atom. The average Bonchev–Trinajstić information content (AvgIpc) is 3.01. The number of nitro groups is 1. The van der Waals surface area contributed by atoms with Crippen LogP contribution in [0.5, 0.6) is 0 Å². The summed E-state index contributed by atoms with van der Waals surface area (Å²) in [5.41, 5.74) is 1.16. The normalized spacial score (nSPS) is 11.6. The van der Waals surface area contributed by atoms with Crippen molar-refractivity contribution in [2.24, 2.45) is 0 Å². The molecule has 25 heavy (non-hydrogen) atoms. The summed E-state index contributed by atoms with van der Waals surface area (Å²) in [5.74, 6) is -1.16. The average molecular weight is 363 g/mol. The summed E-state index contributed by atoms with van der Waals surface area (Å²) in [4.78, 5) is 38.1. The number of nitro benzene ring substituents is 1. The van der Waals surface area contributed by atoms with Crippen LogP contribution in [-0.2, 0) is 20.7 Å². The van der Waals surface area contributed by atoms with E-state index in [1.165, 1.54) is 23.5 Å². The molecular formula is C16H17N3O5S. The number of esters is 1. The molecule has 0 fully saturated rings. The Bertz CT molecular complexity index is 772. The highest BCUT2D eigenvalue weighted by Gasteiger charge is 2.18. The van der Waals surface area contributed by atoms with E-state index in [1.807, 2.05) is 0 Å². The molecule has 8 nitrogen and oxygen atoms in total. The van der Waals surface area contributed by atoms with Crippen LogP contribution in [0, 0.1) is 10.1 Å². The lowest BCUT2D eigenvalue weighted by molar-refractivity contribution is -0.384. The van der Waals surface area contributed by atoms with Crippen molar-refractivity contribution in [1.82, 2.24) is 4.98 Å². The number of hydrogen-bond donors (Lipinski definition) is 1. The third-order valence-electron chi connectivity index (χ3n) is 3.41. The Hall–Kier alpha value is -2.81. The highest BCUT2D eigenvalue weighted by atomic mass is 32.1. The molecule has 0 aliphatic rings. The number of hydrogen-bond acceptors (Lipinski definition) is 7. The number of aromatic nitrogens is 1. The first-order chi connectivity index (χ1) is 11.9. The van der Waals surface area contributed by atoms with E-state index in [0.29, 0.717) is 23.0 Å². The molecule has 0 radical (unpaired) electrons. The fraction of sp³-hybridized carbons (Fsp3) is 0.312. The van der Waals surface area contributed by atoms with Crippen LogP contribution < -0.4 is 5.32 Å². The monoisotopic (exact) mass is 363 g/mol. The van der Waals surface area contributed by atoms with Crippen molar-refractivity contribution in [2.75, 3.05) is 11.9 Å². The van der Waals surface area contributed by atoms with Gasteiger partial charge in [-0.15, -0.1) is 11.3 Å². The van der Waals surface area contributed by atoms with Gasteiger partial charge in [0.15, 0.2) is 5.13 Å². The van der Waals surface area contributed by atoms with Crippen LogP contribution in [0.25, 0.3) is 0 Å². The molecule has 0 saturated carbocycles. The Balaban J connectivity index is 1.98. The van der Waals surface area contributed by atoms with E-state index >= 15 is 0 Å². The number of rotatable bonds is 7. The minimum absolute atomic E-state index is 0.0279. The second-order valence-corrected chi connectivity index (χ2v) is 6.04. The van der Waals surface area contributed by atoms with Crippen LogP contribution in [0.2, 0.25) is 0 Å². The Kier molecular flexibility index (Phi) is 6.18. The van der Waals surface area contributed by atoms with Crippen LogP contribution in [-0.4, -0.2) is 28.4 Å². The minimum Gasteiger partial charge on any atom is -0.466 e. The molecule has 0 spiro atoms. The minimum atomic E-state index is -0.502. The van der Waals surface area contributed by atoms with Crippen LogP contribution in [0.1, 0.15) is 31.0 Å². The smallest absolute Gasteiger partial charge is 0.311 e. The van der Waals surface area contributed by atoms with Gasteiger partial charge < -0.3 is 10.1 Å². The highest BCUT2D eigenvalue weighted by Crippen LogP contribution is 2.22. The zero-order chi connectivity index (χ0) is 18.4. The molecule has 0 saturated heterocycles. The highest BCUT2D eigenvalue weighted by molar-refractivity contribution is 7.13. The molecule has 1 aromatic heterocycles. The predicted molar refractivity (Wildman–Crippen MR) is 92.6 cm³/mol. The second-order valence-electron chi connectivity index (χ2n) is 5.19. The largest absolute Gasteiger partial charge is 0.466 e. The van der Waals surface area contributed by atoms with Crippen molar-refractivity contribution >= 4 is 34.0 Å². The Labute approximate surface area is 148 Å². The van der Waals surface area contributed by atoms with Crippen molar-refractivity contribution in [1.29, 1.82) is 0 Å². The first-order valence-electron chi connectivity index (χ1n) is 7.56. The van der Waals surface area contributed by atoms with E-state index in [2.05, 4.69) is 10.3 Å². The lowest BCUT2D eigenvalue weighted by Crippen LogP contribution is -2.18. The zero-order valence-electron chi connectivity index (χ0n) is 13.7. The third kappa shape index (κ3) is 5.08. The number of non-ortho nitro benzene ring substituents is 1. The Morgan fingerprint density at radius 2 is 2.04 bits per heavy atom. The summed E-state index contributed by atoms with van der Waals surface area (Å²) in [5, 5.41) is 15.4. The number of carbonyl (C=O) groups is 2. The van der Waals surface area contributed by atoms with E-state index in [-0.39, 0.29) is 24.0 Å². The van der Waals surface area contributed by atoms with E-state index < -0.39 is 10.8 Å². The van der Waals surface area contributed by atoms with Crippen LogP contribution in [0.15, 0.2) is 29.6 Å². The molecule has 1 amide bonds. The number of amides is 1. The number of thiazole rings is 1. The van der Waals surface area contributed by atoms with Gasteiger partial charge in [0.25, 0.3) is 5.69 Å². The van der Waals surface area contributed by atoms with E-state index in [9.17, 15) is 19.7 Å². The van der Waals surface area contributed by atoms with Gasteiger partial charge in [-0.3, -0.25) is 19.7 Å². The molecule has 1 aromatic carbocycles. The topological polar surface area (TPSA) is 111 Å². The molecule has 2 rings (SSSR count). The molecule has 132 valence electrons. The number of nitrogens with one attached hydrogen (secondary N) is 1. The maximum Gasteiger partial charge on any atom is 0.311 e. The lowest BCUT2D eigenvalue weighted by atomic mass is 10.0. The molecule has 9 heteroatoms. The van der Waals surface area contributed by atoms with Gasteiger partial charge in [0, 0.05) is 17.5 Å². The summed E-state index contributed by atoms with van der Waals surface area (Å²) in [6, 6.07) is 5.83. The molecule has 2 aromatic rings. The van der Waals surface area contributed by atoms with Gasteiger partial charge in [-0.2, -0.15) is 0 Å². The van der Waals surface area contributed by atoms with Crippen LogP contribution >= 0.6 is 11.3 Å². The lowest BCUT2D eigenvalue weighted by Gasteiger charge is -2.10. The van der Waals surface area contributed by atoms with Gasteiger partial charge in [-0.05, 0) is 19.4 Å². The maximum atomic E-state index is 12.3. The van der Waals surface area contributed by atoms with E-state index in [0.717, 1.165) is 0 Å². The van der Waals surface area contributed by atoms with Gasteiger partial charge in [-0.1, -0.05) is 12.1 Å². The number of anilines is 1. The predicted octanol–water partition coefficient (Wildman–Crippen LogP) is 2.90. The fourth-order valence-electron chi connectivity index (χ4n) is 2.06. The molecule has 0 bridgehead atoms. The number of carbonyl (C=O) groups excluding carboxylic acids is 2. The van der Waals surface area contributed by atoms with Crippen LogP contribution in [0.4, 0.5) is 10.8 Å². The van der Waals surface area contributed by atoms with Gasteiger partial charge in [0.05, 0.1) is 29.6 Å².